The van der Waals surface area contributed by atoms with Gasteiger partial charge in [0.2, 0.25) is 0 Å². The highest BCUT2D eigenvalue weighted by atomic mass is 32.1. The molecule has 4 nitrogen and oxygen atoms in total. The van der Waals surface area contributed by atoms with Crippen molar-refractivity contribution in [1.29, 1.82) is 0 Å². The van der Waals surface area contributed by atoms with Crippen molar-refractivity contribution in [2.24, 2.45) is 0 Å². The number of rotatable bonds is 4. The van der Waals surface area contributed by atoms with Gasteiger partial charge < -0.3 is 10.6 Å². The van der Waals surface area contributed by atoms with Gasteiger partial charge in [0.1, 0.15) is 0 Å². The number of nitrogens with one attached hydrogen (secondary N) is 2. The lowest BCUT2D eigenvalue weighted by Crippen LogP contribution is -2.39. The second-order valence-corrected chi connectivity index (χ2v) is 6.96. The van der Waals surface area contributed by atoms with E-state index in [1.807, 2.05) is 19.2 Å². The number of carbonyl (C=O) groups is 1. The van der Waals surface area contributed by atoms with Gasteiger partial charge in [-0.15, -0.1) is 11.3 Å². The zero-order valence-corrected chi connectivity index (χ0v) is 13.6. The van der Waals surface area contributed by atoms with E-state index in [0.29, 0.717) is 6.54 Å². The van der Waals surface area contributed by atoms with Crippen LogP contribution in [0.25, 0.3) is 0 Å². The molecule has 0 spiro atoms. The van der Waals surface area contributed by atoms with Crippen LogP contribution in [0.4, 0.5) is 4.79 Å². The highest BCUT2D eigenvalue weighted by Crippen LogP contribution is 2.29. The number of hydrogen-bond acceptors (Lipinski definition) is 3. The molecule has 0 saturated heterocycles. The van der Waals surface area contributed by atoms with Crippen molar-refractivity contribution < 1.29 is 4.79 Å². The Morgan fingerprint density at radius 3 is 3.09 bits per heavy atom. The van der Waals surface area contributed by atoms with E-state index < -0.39 is 0 Å². The minimum Gasteiger partial charge on any atom is -0.338 e. The molecule has 2 N–H and O–H groups in total. The van der Waals surface area contributed by atoms with Gasteiger partial charge in [-0.1, -0.05) is 24.3 Å². The van der Waals surface area contributed by atoms with Crippen molar-refractivity contribution in [2.45, 2.75) is 38.6 Å². The first-order valence-corrected chi connectivity index (χ1v) is 8.57. The molecule has 0 radical (unpaired) electrons. The Kier molecular flexibility index (Phi) is 4.73. The fourth-order valence-electron chi connectivity index (χ4n) is 2.93. The highest BCUT2D eigenvalue weighted by molar-refractivity contribution is 7.11. The van der Waals surface area contributed by atoms with E-state index in [1.165, 1.54) is 16.0 Å². The molecule has 116 valence electrons. The maximum absolute atomic E-state index is 12.1. The SMILES string of the molecule is Cc1ncc(CCNC(=O)N[C@@H]2CCCc3ccccc32)s1. The van der Waals surface area contributed by atoms with Gasteiger partial charge in [0.15, 0.2) is 0 Å². The molecule has 1 atom stereocenters. The third-order valence-corrected chi connectivity index (χ3v) is 4.97. The summed E-state index contributed by atoms with van der Waals surface area (Å²) in [6.07, 6.45) is 5.97. The molecule has 1 aliphatic rings. The van der Waals surface area contributed by atoms with E-state index in [9.17, 15) is 4.79 Å². The maximum atomic E-state index is 12.1. The smallest absolute Gasteiger partial charge is 0.315 e. The first-order valence-electron chi connectivity index (χ1n) is 7.76. The number of carbonyl (C=O) groups excluding carboxylic acids is 1. The van der Waals surface area contributed by atoms with Crippen LogP contribution in [0.2, 0.25) is 0 Å². The molecule has 0 fully saturated rings. The van der Waals surface area contributed by atoms with Crippen LogP contribution in [0.5, 0.6) is 0 Å². The van der Waals surface area contributed by atoms with E-state index in [0.717, 1.165) is 30.7 Å². The van der Waals surface area contributed by atoms with E-state index in [-0.39, 0.29) is 12.1 Å². The molecule has 1 aromatic heterocycles. The van der Waals surface area contributed by atoms with Gasteiger partial charge in [0.05, 0.1) is 11.0 Å². The van der Waals surface area contributed by atoms with Gasteiger partial charge >= 0.3 is 6.03 Å². The lowest BCUT2D eigenvalue weighted by molar-refractivity contribution is 0.235. The maximum Gasteiger partial charge on any atom is 0.315 e. The molecule has 1 heterocycles. The standard InChI is InChI=1S/C17H21N3OS/c1-12-19-11-14(22-12)9-10-18-17(21)20-16-8-4-6-13-5-2-3-7-15(13)16/h2-3,5,7,11,16H,4,6,8-10H2,1H3,(H2,18,20,21)/t16-/m1/s1. The predicted molar refractivity (Wildman–Crippen MR) is 89.2 cm³/mol. The van der Waals surface area contributed by atoms with Crippen molar-refractivity contribution in [3.05, 3.63) is 51.5 Å². The molecule has 0 aliphatic heterocycles. The Hall–Kier alpha value is -1.88. The van der Waals surface area contributed by atoms with E-state index in [1.54, 1.807) is 11.3 Å². The Labute approximate surface area is 135 Å². The molecular weight excluding hydrogens is 294 g/mol. The lowest BCUT2D eigenvalue weighted by atomic mass is 9.88. The van der Waals surface area contributed by atoms with Gasteiger partial charge in [-0.2, -0.15) is 0 Å². The topological polar surface area (TPSA) is 54.0 Å². The van der Waals surface area contributed by atoms with Crippen LogP contribution in [-0.2, 0) is 12.8 Å². The van der Waals surface area contributed by atoms with Crippen LogP contribution in [0.3, 0.4) is 0 Å². The summed E-state index contributed by atoms with van der Waals surface area (Å²) in [5, 5.41) is 7.12. The Morgan fingerprint density at radius 1 is 1.41 bits per heavy atom. The van der Waals surface area contributed by atoms with Gasteiger partial charge in [0, 0.05) is 24.0 Å². The van der Waals surface area contributed by atoms with E-state index in [2.05, 4.69) is 33.8 Å². The number of aryl methyl sites for hydroxylation is 2. The van der Waals surface area contributed by atoms with Crippen LogP contribution in [0.1, 0.15) is 39.9 Å². The third-order valence-electron chi connectivity index (χ3n) is 4.00. The summed E-state index contributed by atoms with van der Waals surface area (Å²) in [5.74, 6) is 0. The summed E-state index contributed by atoms with van der Waals surface area (Å²) in [4.78, 5) is 17.5. The molecule has 0 saturated carbocycles. The molecule has 2 amide bonds. The summed E-state index contributed by atoms with van der Waals surface area (Å²) in [5.41, 5.74) is 2.63. The largest absolute Gasteiger partial charge is 0.338 e. The number of amides is 2. The minimum atomic E-state index is -0.0806. The number of benzene rings is 1. The lowest BCUT2D eigenvalue weighted by Gasteiger charge is -2.26. The number of hydrogen-bond donors (Lipinski definition) is 2. The van der Waals surface area contributed by atoms with Gasteiger partial charge in [-0.3, -0.25) is 0 Å². The molecule has 22 heavy (non-hydrogen) atoms. The number of thiazole rings is 1. The Morgan fingerprint density at radius 2 is 2.27 bits per heavy atom. The summed E-state index contributed by atoms with van der Waals surface area (Å²) in [6, 6.07) is 8.45. The van der Waals surface area contributed by atoms with Crippen molar-refractivity contribution in [3.63, 3.8) is 0 Å². The van der Waals surface area contributed by atoms with E-state index in [4.69, 9.17) is 0 Å². The summed E-state index contributed by atoms with van der Waals surface area (Å²) >= 11 is 1.68. The molecule has 2 aromatic rings. The fourth-order valence-corrected chi connectivity index (χ4v) is 3.73. The zero-order valence-electron chi connectivity index (χ0n) is 12.8. The highest BCUT2D eigenvalue weighted by Gasteiger charge is 2.20. The summed E-state index contributed by atoms with van der Waals surface area (Å²) in [6.45, 7) is 2.64. The van der Waals surface area contributed by atoms with Crippen LogP contribution in [-0.4, -0.2) is 17.6 Å². The second-order valence-electron chi connectivity index (χ2n) is 5.64. The molecule has 0 bridgehead atoms. The van der Waals surface area contributed by atoms with Gasteiger partial charge in [-0.25, -0.2) is 9.78 Å². The average molecular weight is 315 g/mol. The van der Waals surface area contributed by atoms with Crippen molar-refractivity contribution >= 4 is 17.4 Å². The molecular formula is C17H21N3OS. The van der Waals surface area contributed by atoms with Crippen LogP contribution in [0.15, 0.2) is 30.5 Å². The van der Waals surface area contributed by atoms with E-state index >= 15 is 0 Å². The van der Waals surface area contributed by atoms with Crippen LogP contribution >= 0.6 is 11.3 Å². The first-order chi connectivity index (χ1) is 10.7. The summed E-state index contributed by atoms with van der Waals surface area (Å²) in [7, 11) is 0. The molecule has 3 rings (SSSR count). The second kappa shape index (κ2) is 6.92. The van der Waals surface area contributed by atoms with Gasteiger partial charge in [-0.05, 0) is 37.3 Å². The number of nitrogens with zero attached hydrogens (tertiary/aromatic N) is 1. The minimum absolute atomic E-state index is 0.0806. The quantitative estimate of drug-likeness (QED) is 0.909. The normalized spacial score (nSPS) is 16.9. The molecule has 5 heteroatoms. The van der Waals surface area contributed by atoms with Crippen LogP contribution in [0, 0.1) is 6.92 Å². The summed E-state index contributed by atoms with van der Waals surface area (Å²) < 4.78 is 0. The molecule has 1 aromatic carbocycles. The third kappa shape index (κ3) is 3.65. The average Bonchev–Trinajstić information content (AvgIpc) is 2.93. The molecule has 0 unspecified atom stereocenters. The Bertz CT molecular complexity index is 653. The monoisotopic (exact) mass is 315 g/mol. The predicted octanol–water partition coefficient (Wildman–Crippen LogP) is 3.37. The zero-order chi connectivity index (χ0) is 15.4. The first kappa shape index (κ1) is 15.0. The van der Waals surface area contributed by atoms with Crippen molar-refractivity contribution in [2.75, 3.05) is 6.54 Å². The Balaban J connectivity index is 1.50. The number of fused-ring (bicyclic) bond motifs is 1. The van der Waals surface area contributed by atoms with Crippen LogP contribution < -0.4 is 10.6 Å². The fraction of sp³-hybridized carbons (Fsp3) is 0.412. The number of aromatic nitrogens is 1. The molecule has 1 aliphatic carbocycles. The van der Waals surface area contributed by atoms with Crippen molar-refractivity contribution in [3.8, 4) is 0 Å². The van der Waals surface area contributed by atoms with Gasteiger partial charge in [0.25, 0.3) is 0 Å². The number of urea groups is 1. The van der Waals surface area contributed by atoms with Crippen molar-refractivity contribution in [1.82, 2.24) is 15.6 Å².